The van der Waals surface area contributed by atoms with Gasteiger partial charge in [0, 0.05) is 13.1 Å². The van der Waals surface area contributed by atoms with Crippen LogP contribution in [-0.2, 0) is 20.4 Å². The molecule has 0 aromatic rings. The molecule has 0 aliphatic carbocycles. The summed E-state index contributed by atoms with van der Waals surface area (Å²) in [7, 11) is -7.92. The van der Waals surface area contributed by atoms with Gasteiger partial charge in [-0.3, -0.25) is 0 Å². The first kappa shape index (κ1) is 12.8. The molecule has 0 radical (unpaired) electrons. The van der Waals surface area contributed by atoms with Gasteiger partial charge in [-0.15, -0.1) is 0 Å². The van der Waals surface area contributed by atoms with Gasteiger partial charge in [0.2, 0.25) is 0 Å². The second kappa shape index (κ2) is 4.86. The molecule has 0 heterocycles. The fraction of sp³-hybridized carbons (Fsp3) is 1.00. The van der Waals surface area contributed by atoms with Gasteiger partial charge in [-0.25, -0.2) is 9.44 Å². The summed E-state index contributed by atoms with van der Waals surface area (Å²) in [5.74, 6) is 0. The van der Waals surface area contributed by atoms with Crippen molar-refractivity contribution in [2.24, 2.45) is 0 Å². The maximum Gasteiger partial charge on any atom is 0.291 e. The lowest BCUT2D eigenvalue weighted by atomic mass is 10.8. The highest BCUT2D eigenvalue weighted by molar-refractivity contribution is 8.02. The van der Waals surface area contributed by atoms with Crippen LogP contribution in [0.15, 0.2) is 0 Å². The van der Waals surface area contributed by atoms with Crippen molar-refractivity contribution in [3.8, 4) is 0 Å². The maximum atomic E-state index is 10.9. The summed E-state index contributed by atoms with van der Waals surface area (Å²) in [6.45, 7) is 3.33. The molecular weight excluding hydrogens is 218 g/mol. The van der Waals surface area contributed by atoms with E-state index in [9.17, 15) is 16.8 Å². The summed E-state index contributed by atoms with van der Waals surface area (Å²) < 4.78 is 48.9. The Kier molecular flexibility index (Phi) is 4.78. The Hall–Kier alpha value is -0.220. The normalized spacial score (nSPS) is 13.1. The van der Waals surface area contributed by atoms with Gasteiger partial charge in [0.1, 0.15) is 0 Å². The van der Waals surface area contributed by atoms with E-state index in [-0.39, 0.29) is 13.1 Å². The molecule has 0 aromatic carbocycles. The van der Waals surface area contributed by atoms with E-state index in [4.69, 9.17) is 0 Å². The van der Waals surface area contributed by atoms with Gasteiger partial charge < -0.3 is 0 Å². The van der Waals surface area contributed by atoms with E-state index >= 15 is 0 Å². The molecule has 3 N–H and O–H groups in total. The number of rotatable bonds is 6. The summed E-state index contributed by atoms with van der Waals surface area (Å²) in [5, 5.41) is 0. The van der Waals surface area contributed by atoms with E-state index in [0.29, 0.717) is 0 Å². The molecule has 0 bridgehead atoms. The smallest absolute Gasteiger partial charge is 0.202 e. The minimum Gasteiger partial charge on any atom is -0.202 e. The minimum atomic E-state index is -3.96. The first-order valence-electron chi connectivity index (χ1n) is 3.60. The van der Waals surface area contributed by atoms with E-state index in [1.807, 2.05) is 9.44 Å². The largest absolute Gasteiger partial charge is 0.291 e. The molecule has 0 spiro atoms. The van der Waals surface area contributed by atoms with Crippen LogP contribution in [0.4, 0.5) is 0 Å². The molecule has 0 amide bonds. The van der Waals surface area contributed by atoms with E-state index in [0.717, 1.165) is 0 Å². The Morgan fingerprint density at radius 3 is 1.38 bits per heavy atom. The van der Waals surface area contributed by atoms with Gasteiger partial charge in [0.15, 0.2) is 0 Å². The van der Waals surface area contributed by atoms with Crippen LogP contribution in [0.5, 0.6) is 0 Å². The quantitative estimate of drug-likeness (QED) is 0.506. The van der Waals surface area contributed by atoms with Crippen molar-refractivity contribution in [2.45, 2.75) is 13.8 Å². The first-order valence-corrected chi connectivity index (χ1v) is 6.57. The summed E-state index contributed by atoms with van der Waals surface area (Å²) >= 11 is 0. The predicted octanol–water partition coefficient (Wildman–Crippen LogP) is -1.72. The van der Waals surface area contributed by atoms with E-state index in [1.165, 1.54) is 4.13 Å². The fourth-order valence-electron chi connectivity index (χ4n) is 0.583. The van der Waals surface area contributed by atoms with Crippen LogP contribution >= 0.6 is 0 Å². The molecule has 0 atom stereocenters. The molecule has 80 valence electrons. The highest BCUT2D eigenvalue weighted by Crippen LogP contribution is 1.82. The Morgan fingerprint density at radius 2 is 1.15 bits per heavy atom. The van der Waals surface area contributed by atoms with Crippen LogP contribution in [-0.4, -0.2) is 29.9 Å². The van der Waals surface area contributed by atoms with E-state index in [1.54, 1.807) is 13.8 Å². The van der Waals surface area contributed by atoms with Gasteiger partial charge >= 0.3 is 0 Å². The van der Waals surface area contributed by atoms with Crippen molar-refractivity contribution in [1.29, 1.82) is 0 Å². The molecule has 7 nitrogen and oxygen atoms in total. The van der Waals surface area contributed by atoms with Crippen LogP contribution in [0.2, 0.25) is 0 Å². The van der Waals surface area contributed by atoms with Crippen LogP contribution in [0.1, 0.15) is 13.8 Å². The highest BCUT2D eigenvalue weighted by atomic mass is 32.3. The minimum absolute atomic E-state index is 0.122. The Bertz CT molecular complexity index is 298. The standard InChI is InChI=1S/C4H13N3O4S2/c1-3-5-12(8,9)7-13(10,11)6-4-2/h5-7H,3-4H2,1-2H3. The summed E-state index contributed by atoms with van der Waals surface area (Å²) in [6, 6.07) is 0. The fourth-order valence-corrected chi connectivity index (χ4v) is 2.97. The third kappa shape index (κ3) is 5.93. The summed E-state index contributed by atoms with van der Waals surface area (Å²) in [6.07, 6.45) is 0. The molecule has 13 heavy (non-hydrogen) atoms. The molecule has 0 aliphatic heterocycles. The average molecular weight is 231 g/mol. The SMILES string of the molecule is CCNS(=O)(=O)NS(=O)(=O)NCC. The zero-order chi connectivity index (χ0) is 10.5. The average Bonchev–Trinajstić information content (AvgIpc) is 1.82. The van der Waals surface area contributed by atoms with Gasteiger partial charge in [0.05, 0.1) is 0 Å². The van der Waals surface area contributed by atoms with Crippen LogP contribution in [0.25, 0.3) is 0 Å². The van der Waals surface area contributed by atoms with E-state index < -0.39 is 20.4 Å². The van der Waals surface area contributed by atoms with Crippen molar-refractivity contribution in [1.82, 2.24) is 13.6 Å². The lowest BCUT2D eigenvalue weighted by Gasteiger charge is -2.06. The van der Waals surface area contributed by atoms with Crippen LogP contribution in [0, 0.1) is 0 Å². The summed E-state index contributed by atoms with van der Waals surface area (Å²) in [5.41, 5.74) is 0. The van der Waals surface area contributed by atoms with Crippen molar-refractivity contribution in [2.75, 3.05) is 13.1 Å². The van der Waals surface area contributed by atoms with E-state index in [2.05, 4.69) is 0 Å². The molecule has 9 heteroatoms. The molecule has 0 unspecified atom stereocenters. The topological polar surface area (TPSA) is 104 Å². The third-order valence-corrected chi connectivity index (χ3v) is 3.98. The zero-order valence-corrected chi connectivity index (χ0v) is 9.00. The maximum absolute atomic E-state index is 10.9. The monoisotopic (exact) mass is 231 g/mol. The Morgan fingerprint density at radius 1 is 0.846 bits per heavy atom. The van der Waals surface area contributed by atoms with Gasteiger partial charge in [-0.05, 0) is 0 Å². The lowest BCUT2D eigenvalue weighted by Crippen LogP contribution is -2.45. The molecule has 0 saturated heterocycles. The van der Waals surface area contributed by atoms with Crippen molar-refractivity contribution < 1.29 is 16.8 Å². The number of hydrogen-bond donors (Lipinski definition) is 3. The summed E-state index contributed by atoms with van der Waals surface area (Å²) in [4.78, 5) is 0. The molecule has 0 saturated carbocycles. The highest BCUT2D eigenvalue weighted by Gasteiger charge is 2.17. The first-order chi connectivity index (χ1) is 5.83. The molecular formula is C4H13N3O4S2. The second-order valence-corrected chi connectivity index (χ2v) is 5.34. The molecule has 0 fully saturated rings. The lowest BCUT2D eigenvalue weighted by molar-refractivity contribution is 0.563. The van der Waals surface area contributed by atoms with Crippen LogP contribution < -0.4 is 13.6 Å². The predicted molar refractivity (Wildman–Crippen MR) is 48.3 cm³/mol. The second-order valence-electron chi connectivity index (χ2n) is 2.09. The zero-order valence-electron chi connectivity index (χ0n) is 7.36. The third-order valence-electron chi connectivity index (χ3n) is 0.888. The Balaban J connectivity index is 4.44. The van der Waals surface area contributed by atoms with Gasteiger partial charge in [-0.2, -0.15) is 16.8 Å². The molecule has 0 aromatic heterocycles. The van der Waals surface area contributed by atoms with Crippen molar-refractivity contribution in [3.05, 3.63) is 0 Å². The van der Waals surface area contributed by atoms with Gasteiger partial charge in [0.25, 0.3) is 20.4 Å². The molecule has 0 aliphatic rings. The molecule has 0 rings (SSSR count). The Labute approximate surface area is 78.3 Å². The number of hydrogen-bond acceptors (Lipinski definition) is 4. The van der Waals surface area contributed by atoms with Gasteiger partial charge in [-0.1, -0.05) is 18.0 Å². The van der Waals surface area contributed by atoms with Crippen molar-refractivity contribution in [3.63, 3.8) is 0 Å². The number of nitrogens with one attached hydrogen (secondary N) is 3. The van der Waals surface area contributed by atoms with Crippen LogP contribution in [0.3, 0.4) is 0 Å². The van der Waals surface area contributed by atoms with Crippen molar-refractivity contribution >= 4 is 20.4 Å².